The summed E-state index contributed by atoms with van der Waals surface area (Å²) in [7, 11) is -2.85. The van der Waals surface area contributed by atoms with Gasteiger partial charge in [0.2, 0.25) is 0 Å². The predicted octanol–water partition coefficient (Wildman–Crippen LogP) is 1.50. The standard InChI is InChI=1S/C18H21NO3/c1-19-8-7-18-11-4-5-13(20)17(18)22-16-14(21-2)6-3-10(15(16)18)9-12(11)19/h3-6,11-13,17,20H,7-9H2,1-2H3/t11-,12+,13?,17?,18-/m0/s1/i1D3,2D3,11D,12D,13D,17D. The number of nitrogens with zero attached hydrogens (tertiary/aromatic N) is 1. The van der Waals surface area contributed by atoms with Crippen LogP contribution in [0.25, 0.3) is 0 Å². The molecule has 1 aromatic carbocycles. The average molecular weight is 309 g/mol. The minimum Gasteiger partial charge on any atom is -0.493 e. The Labute approximate surface area is 144 Å². The van der Waals surface area contributed by atoms with Crippen LogP contribution in [0.5, 0.6) is 11.5 Å². The zero-order valence-electron chi connectivity index (χ0n) is 21.6. The summed E-state index contributed by atoms with van der Waals surface area (Å²) in [5, 5.41) is 10.9. The molecule has 2 heterocycles. The zero-order chi connectivity index (χ0) is 23.8. The first-order valence-electron chi connectivity index (χ1n) is 12.2. The van der Waals surface area contributed by atoms with Crippen LogP contribution in [0.2, 0.25) is 0 Å². The summed E-state index contributed by atoms with van der Waals surface area (Å²) >= 11 is 0. The summed E-state index contributed by atoms with van der Waals surface area (Å²) in [6.07, 6.45) is -3.58. The van der Waals surface area contributed by atoms with E-state index in [0.29, 0.717) is 5.56 Å². The van der Waals surface area contributed by atoms with E-state index in [-0.39, 0.29) is 36.4 Å². The molecule has 1 N–H and O–H groups in total. The van der Waals surface area contributed by atoms with Gasteiger partial charge in [-0.15, -0.1) is 0 Å². The van der Waals surface area contributed by atoms with Crippen molar-refractivity contribution in [2.24, 2.45) is 5.89 Å². The van der Waals surface area contributed by atoms with Crippen LogP contribution < -0.4 is 9.47 Å². The summed E-state index contributed by atoms with van der Waals surface area (Å²) < 4.78 is 93.4. The Morgan fingerprint density at radius 3 is 3.32 bits per heavy atom. The molecule has 1 spiro atoms. The maximum Gasteiger partial charge on any atom is 0.165 e. The Balaban J connectivity index is 1.87. The van der Waals surface area contributed by atoms with Crippen LogP contribution in [0.15, 0.2) is 24.3 Å². The van der Waals surface area contributed by atoms with Crippen molar-refractivity contribution >= 4 is 0 Å². The van der Waals surface area contributed by atoms with E-state index in [2.05, 4.69) is 0 Å². The number of hydrogen-bond acceptors (Lipinski definition) is 4. The number of likely N-dealkylation sites (N-methyl/N-ethyl adjacent to an activating group) is 1. The molecule has 2 bridgehead atoms. The lowest BCUT2D eigenvalue weighted by molar-refractivity contribution is -0.0453. The molecule has 5 atom stereocenters. The maximum atomic E-state index is 10.9. The second-order valence-electron chi connectivity index (χ2n) is 6.02. The normalized spacial score (nSPS) is 62.2. The lowest BCUT2D eigenvalue weighted by atomic mass is 9.53. The maximum absolute atomic E-state index is 10.9. The fourth-order valence-electron chi connectivity index (χ4n) is 4.26. The quantitative estimate of drug-likeness (QED) is 0.798. The van der Waals surface area contributed by atoms with E-state index in [4.69, 9.17) is 20.4 Å². The molecule has 2 unspecified atom stereocenters. The van der Waals surface area contributed by atoms with Crippen molar-refractivity contribution in [3.05, 3.63) is 35.4 Å². The van der Waals surface area contributed by atoms with Gasteiger partial charge in [-0.05, 0) is 38.0 Å². The number of benzene rings is 1. The second-order valence-corrected chi connectivity index (χ2v) is 6.02. The monoisotopic (exact) mass is 309 g/mol. The first-order chi connectivity index (χ1) is 14.4. The third-order valence-electron chi connectivity index (χ3n) is 5.14. The van der Waals surface area contributed by atoms with E-state index in [1.165, 1.54) is 12.1 Å². The fraction of sp³-hybridized carbons (Fsp3) is 0.556. The highest BCUT2D eigenvalue weighted by Gasteiger charge is 2.64. The summed E-state index contributed by atoms with van der Waals surface area (Å²) in [6.45, 7) is -2.91. The molecular formula is C18H21NO3. The Hall–Kier alpha value is -1.52. The molecule has 1 saturated heterocycles. The van der Waals surface area contributed by atoms with Crippen LogP contribution in [-0.4, -0.2) is 48.7 Å². The van der Waals surface area contributed by atoms with Gasteiger partial charge in [-0.1, -0.05) is 18.2 Å². The van der Waals surface area contributed by atoms with E-state index in [1.807, 2.05) is 0 Å². The highest BCUT2D eigenvalue weighted by molar-refractivity contribution is 5.62. The molecule has 22 heavy (non-hydrogen) atoms. The average Bonchev–Trinajstić information content (AvgIpc) is 2.89. The van der Waals surface area contributed by atoms with Gasteiger partial charge in [0.15, 0.2) is 11.5 Å². The number of piperidine rings is 1. The largest absolute Gasteiger partial charge is 0.493 e. The van der Waals surface area contributed by atoms with Crippen molar-refractivity contribution in [1.82, 2.24) is 4.90 Å². The summed E-state index contributed by atoms with van der Waals surface area (Å²) in [4.78, 5) is 0.950. The molecule has 0 amide bonds. The lowest BCUT2D eigenvalue weighted by Gasteiger charge is -2.56. The first kappa shape index (κ1) is 6.54. The molecule has 0 aromatic heterocycles. The van der Waals surface area contributed by atoms with Crippen LogP contribution in [-0.2, 0) is 11.8 Å². The zero-order valence-corrected chi connectivity index (χ0v) is 11.6. The highest BCUT2D eigenvalue weighted by Crippen LogP contribution is 2.62. The van der Waals surface area contributed by atoms with Gasteiger partial charge in [0.05, 0.1) is 13.9 Å². The molecule has 0 saturated carbocycles. The highest BCUT2D eigenvalue weighted by atomic mass is 16.5. The van der Waals surface area contributed by atoms with Crippen molar-refractivity contribution in [3.63, 3.8) is 0 Å². The fourth-order valence-corrected chi connectivity index (χ4v) is 4.26. The Morgan fingerprint density at radius 1 is 1.50 bits per heavy atom. The lowest BCUT2D eigenvalue weighted by Crippen LogP contribution is -2.64. The van der Waals surface area contributed by atoms with Gasteiger partial charge < -0.3 is 19.5 Å². The minimum atomic E-state index is -2.85. The summed E-state index contributed by atoms with van der Waals surface area (Å²) in [5.74, 6) is -2.49. The third-order valence-corrected chi connectivity index (χ3v) is 5.14. The van der Waals surface area contributed by atoms with E-state index in [1.54, 1.807) is 0 Å². The number of rotatable bonds is 1. The number of aliphatic hydroxyl groups is 1. The minimum absolute atomic E-state index is 0.163. The van der Waals surface area contributed by atoms with Crippen molar-refractivity contribution < 1.29 is 28.3 Å². The van der Waals surface area contributed by atoms with E-state index < -0.39 is 43.5 Å². The summed E-state index contributed by atoms with van der Waals surface area (Å²) in [5.41, 5.74) is -1.19. The number of hydrogen-bond donors (Lipinski definition) is 1. The van der Waals surface area contributed by atoms with Crippen LogP contribution in [0.1, 0.15) is 31.3 Å². The molecule has 1 fully saturated rings. The summed E-state index contributed by atoms with van der Waals surface area (Å²) in [6, 6.07) is 0.703. The van der Waals surface area contributed by atoms with E-state index in [9.17, 15) is 7.85 Å². The van der Waals surface area contributed by atoms with Crippen molar-refractivity contribution in [1.29, 1.82) is 0 Å². The number of ether oxygens (including phenoxy) is 2. The van der Waals surface area contributed by atoms with Crippen molar-refractivity contribution in [3.8, 4) is 11.5 Å². The van der Waals surface area contributed by atoms with Gasteiger partial charge in [-0.3, -0.25) is 0 Å². The Morgan fingerprint density at radius 2 is 2.45 bits per heavy atom. The topological polar surface area (TPSA) is 41.9 Å². The Bertz CT molecular complexity index is 1050. The Kier molecular flexibility index (Phi) is 1.21. The van der Waals surface area contributed by atoms with Crippen LogP contribution in [0.4, 0.5) is 0 Å². The molecule has 0 radical (unpaired) electrons. The van der Waals surface area contributed by atoms with Gasteiger partial charge in [0.25, 0.3) is 0 Å². The van der Waals surface area contributed by atoms with Gasteiger partial charge in [0, 0.05) is 29.7 Å². The van der Waals surface area contributed by atoms with E-state index >= 15 is 0 Å². The number of likely N-dealkylation sites (tertiary alicyclic amines) is 1. The molecule has 4 nitrogen and oxygen atoms in total. The van der Waals surface area contributed by atoms with Crippen LogP contribution >= 0.6 is 0 Å². The molecule has 5 rings (SSSR count). The molecule has 2 aliphatic carbocycles. The molecular weight excluding hydrogens is 278 g/mol. The van der Waals surface area contributed by atoms with E-state index in [0.717, 1.165) is 17.1 Å². The number of methoxy groups -OCH3 is 1. The SMILES string of the molecule is [2H]C([2H])([2H])Oc1ccc2c3c1OC1([2H])C([2H])(O)C=C[C@@]4([2H])[C@@]([2H])(C2)N(C([2H])([2H])[2H])CC[C@]314. The molecule has 2 aliphatic heterocycles. The molecule has 116 valence electrons. The third kappa shape index (κ3) is 1.28. The predicted molar refractivity (Wildman–Crippen MR) is 82.5 cm³/mol. The second kappa shape index (κ2) is 4.06. The van der Waals surface area contributed by atoms with Gasteiger partial charge in [0.1, 0.15) is 12.2 Å². The van der Waals surface area contributed by atoms with Gasteiger partial charge in [-0.2, -0.15) is 0 Å². The molecule has 1 aromatic rings. The van der Waals surface area contributed by atoms with Crippen molar-refractivity contribution in [2.45, 2.75) is 36.4 Å². The first-order valence-corrected chi connectivity index (χ1v) is 7.19. The van der Waals surface area contributed by atoms with Gasteiger partial charge >= 0.3 is 0 Å². The molecule has 4 aliphatic rings. The van der Waals surface area contributed by atoms with Gasteiger partial charge in [-0.25, -0.2) is 0 Å². The van der Waals surface area contributed by atoms with Crippen molar-refractivity contribution in [2.75, 3.05) is 20.6 Å². The van der Waals surface area contributed by atoms with Crippen LogP contribution in [0.3, 0.4) is 0 Å². The smallest absolute Gasteiger partial charge is 0.165 e. The molecule has 4 heteroatoms. The van der Waals surface area contributed by atoms with Crippen LogP contribution in [0, 0.1) is 5.89 Å².